The van der Waals surface area contributed by atoms with E-state index in [0.717, 1.165) is 6.42 Å². The minimum Gasteiger partial charge on any atom is -0.393 e. The van der Waals surface area contributed by atoms with Crippen molar-refractivity contribution in [3.8, 4) is 0 Å². The highest BCUT2D eigenvalue weighted by molar-refractivity contribution is 14.1. The van der Waals surface area contributed by atoms with Gasteiger partial charge in [-0.15, -0.1) is 0 Å². The number of halogens is 1. The summed E-state index contributed by atoms with van der Waals surface area (Å²) in [6, 6.07) is 0. The smallest absolute Gasteiger partial charge is 0.0512 e. The Labute approximate surface area is 64.6 Å². The number of aliphatic hydroxyl groups excluding tert-OH is 1. The molecule has 1 N–H and O–H groups in total. The van der Waals surface area contributed by atoms with Crippen molar-refractivity contribution in [3.05, 3.63) is 0 Å². The van der Waals surface area contributed by atoms with E-state index in [2.05, 4.69) is 22.6 Å². The molecule has 1 atom stereocenters. The Morgan fingerprint density at radius 2 is 2.12 bits per heavy atom. The van der Waals surface area contributed by atoms with Crippen LogP contribution in [0.3, 0.4) is 0 Å². The second kappa shape index (κ2) is 5.82. The van der Waals surface area contributed by atoms with E-state index in [1.165, 1.54) is 17.3 Å². The minimum absolute atomic E-state index is 0.0991. The molecule has 50 valence electrons. The summed E-state index contributed by atoms with van der Waals surface area (Å²) < 4.78 is 1.21. The van der Waals surface area contributed by atoms with Crippen LogP contribution in [0, 0.1) is 0 Å². The first-order valence-electron chi connectivity index (χ1n) is 3.01. The third-order valence-electron chi connectivity index (χ3n) is 1.01. The van der Waals surface area contributed by atoms with Gasteiger partial charge in [0.2, 0.25) is 0 Å². The minimum atomic E-state index is -0.0991. The molecule has 0 aromatic rings. The van der Waals surface area contributed by atoms with Crippen molar-refractivity contribution in [1.82, 2.24) is 0 Å². The lowest BCUT2D eigenvalue weighted by molar-refractivity contribution is 0.181. The van der Waals surface area contributed by atoms with Crippen LogP contribution in [-0.2, 0) is 0 Å². The SMILES string of the molecule is CC(O)CCCCI. The fourth-order valence-corrected chi connectivity index (χ4v) is 1.07. The molecule has 0 aliphatic heterocycles. The van der Waals surface area contributed by atoms with Crippen LogP contribution in [0.4, 0.5) is 0 Å². The maximum atomic E-state index is 8.78. The Balaban J connectivity index is 2.72. The van der Waals surface area contributed by atoms with Gasteiger partial charge in [0.15, 0.2) is 0 Å². The molecule has 0 aliphatic carbocycles. The molecule has 0 saturated heterocycles. The third kappa shape index (κ3) is 6.69. The van der Waals surface area contributed by atoms with Gasteiger partial charge in [0, 0.05) is 0 Å². The number of unbranched alkanes of at least 4 members (excludes halogenated alkanes) is 1. The van der Waals surface area contributed by atoms with Gasteiger partial charge in [-0.25, -0.2) is 0 Å². The van der Waals surface area contributed by atoms with Crippen molar-refractivity contribution in [3.63, 3.8) is 0 Å². The Morgan fingerprint density at radius 3 is 2.50 bits per heavy atom. The largest absolute Gasteiger partial charge is 0.393 e. The van der Waals surface area contributed by atoms with Crippen molar-refractivity contribution in [2.45, 2.75) is 32.3 Å². The van der Waals surface area contributed by atoms with Gasteiger partial charge in [-0.05, 0) is 24.2 Å². The van der Waals surface area contributed by atoms with E-state index in [1.807, 2.05) is 6.92 Å². The molecule has 2 heteroatoms. The summed E-state index contributed by atoms with van der Waals surface area (Å²) in [6.45, 7) is 1.84. The van der Waals surface area contributed by atoms with Gasteiger partial charge in [0.05, 0.1) is 6.10 Å². The van der Waals surface area contributed by atoms with E-state index in [1.54, 1.807) is 0 Å². The van der Waals surface area contributed by atoms with Gasteiger partial charge in [0.1, 0.15) is 0 Å². The molecular formula is C6H13IO. The molecule has 0 rings (SSSR count). The molecule has 0 spiro atoms. The van der Waals surface area contributed by atoms with Crippen LogP contribution in [0.15, 0.2) is 0 Å². The molecule has 0 aromatic carbocycles. The van der Waals surface area contributed by atoms with Crippen molar-refractivity contribution >= 4 is 22.6 Å². The number of alkyl halides is 1. The maximum absolute atomic E-state index is 8.78. The Hall–Kier alpha value is 0.690. The molecule has 0 amide bonds. The van der Waals surface area contributed by atoms with Crippen LogP contribution >= 0.6 is 22.6 Å². The molecule has 1 unspecified atom stereocenters. The van der Waals surface area contributed by atoms with Crippen molar-refractivity contribution in [2.24, 2.45) is 0 Å². The molecule has 0 saturated carbocycles. The molecule has 0 bridgehead atoms. The van der Waals surface area contributed by atoms with Crippen molar-refractivity contribution in [1.29, 1.82) is 0 Å². The first-order chi connectivity index (χ1) is 3.77. The quantitative estimate of drug-likeness (QED) is 0.443. The van der Waals surface area contributed by atoms with E-state index < -0.39 is 0 Å². The highest BCUT2D eigenvalue weighted by Crippen LogP contribution is 2.01. The van der Waals surface area contributed by atoms with E-state index >= 15 is 0 Å². The Kier molecular flexibility index (Phi) is 6.32. The highest BCUT2D eigenvalue weighted by Gasteiger charge is 1.92. The molecule has 8 heavy (non-hydrogen) atoms. The first-order valence-corrected chi connectivity index (χ1v) is 4.54. The van der Waals surface area contributed by atoms with Crippen LogP contribution in [0.1, 0.15) is 26.2 Å². The average molecular weight is 228 g/mol. The predicted octanol–water partition coefficient (Wildman–Crippen LogP) is 1.97. The lowest BCUT2D eigenvalue weighted by Crippen LogP contribution is -1.98. The monoisotopic (exact) mass is 228 g/mol. The summed E-state index contributed by atoms with van der Waals surface area (Å²) >= 11 is 2.35. The fourth-order valence-electron chi connectivity index (χ4n) is 0.534. The highest BCUT2D eigenvalue weighted by atomic mass is 127. The molecular weight excluding hydrogens is 215 g/mol. The number of hydrogen-bond donors (Lipinski definition) is 1. The second-order valence-corrected chi connectivity index (χ2v) is 3.11. The Morgan fingerprint density at radius 1 is 1.50 bits per heavy atom. The summed E-state index contributed by atoms with van der Waals surface area (Å²) in [5.74, 6) is 0. The van der Waals surface area contributed by atoms with Gasteiger partial charge < -0.3 is 5.11 Å². The van der Waals surface area contributed by atoms with Crippen molar-refractivity contribution in [2.75, 3.05) is 4.43 Å². The molecule has 0 fully saturated rings. The summed E-state index contributed by atoms with van der Waals surface area (Å²) in [5, 5.41) is 8.78. The predicted molar refractivity (Wildman–Crippen MR) is 44.4 cm³/mol. The second-order valence-electron chi connectivity index (χ2n) is 2.03. The fraction of sp³-hybridized carbons (Fsp3) is 1.00. The lowest BCUT2D eigenvalue weighted by atomic mass is 10.2. The van der Waals surface area contributed by atoms with E-state index in [9.17, 15) is 0 Å². The van der Waals surface area contributed by atoms with E-state index in [4.69, 9.17) is 5.11 Å². The summed E-state index contributed by atoms with van der Waals surface area (Å²) in [5.41, 5.74) is 0. The zero-order valence-corrected chi connectivity index (χ0v) is 7.39. The van der Waals surface area contributed by atoms with Crippen LogP contribution in [-0.4, -0.2) is 15.6 Å². The molecule has 1 nitrogen and oxygen atoms in total. The average Bonchev–Trinajstić information content (AvgIpc) is 1.66. The third-order valence-corrected chi connectivity index (χ3v) is 1.77. The normalized spacial score (nSPS) is 13.9. The van der Waals surface area contributed by atoms with Gasteiger partial charge in [-0.1, -0.05) is 29.0 Å². The first kappa shape index (κ1) is 8.69. The summed E-state index contributed by atoms with van der Waals surface area (Å²) in [6.07, 6.45) is 3.27. The molecule has 0 radical (unpaired) electrons. The number of rotatable bonds is 4. The zero-order chi connectivity index (χ0) is 6.41. The van der Waals surface area contributed by atoms with Crippen LogP contribution in [0.25, 0.3) is 0 Å². The van der Waals surface area contributed by atoms with Crippen LogP contribution in [0.2, 0.25) is 0 Å². The van der Waals surface area contributed by atoms with Gasteiger partial charge in [-0.2, -0.15) is 0 Å². The number of hydrogen-bond acceptors (Lipinski definition) is 1. The van der Waals surface area contributed by atoms with Crippen LogP contribution in [0.5, 0.6) is 0 Å². The molecule has 0 aliphatic rings. The Bertz CT molecular complexity index is 45.8. The number of aliphatic hydroxyl groups is 1. The van der Waals surface area contributed by atoms with E-state index in [0.29, 0.717) is 0 Å². The standard InChI is InChI=1S/C6H13IO/c1-6(8)4-2-3-5-7/h6,8H,2-5H2,1H3. The summed E-state index contributed by atoms with van der Waals surface area (Å²) in [4.78, 5) is 0. The lowest BCUT2D eigenvalue weighted by Gasteiger charge is -1.99. The van der Waals surface area contributed by atoms with Crippen molar-refractivity contribution < 1.29 is 5.11 Å². The molecule has 0 aromatic heterocycles. The maximum Gasteiger partial charge on any atom is 0.0512 e. The van der Waals surface area contributed by atoms with Gasteiger partial charge in [-0.3, -0.25) is 0 Å². The summed E-state index contributed by atoms with van der Waals surface area (Å²) in [7, 11) is 0. The van der Waals surface area contributed by atoms with E-state index in [-0.39, 0.29) is 6.10 Å². The zero-order valence-electron chi connectivity index (χ0n) is 5.23. The van der Waals surface area contributed by atoms with Gasteiger partial charge >= 0.3 is 0 Å². The van der Waals surface area contributed by atoms with Gasteiger partial charge in [0.25, 0.3) is 0 Å². The van der Waals surface area contributed by atoms with Crippen LogP contribution < -0.4 is 0 Å². The topological polar surface area (TPSA) is 20.2 Å². The molecule has 0 heterocycles.